The smallest absolute Gasteiger partial charge is 0.276 e. The topological polar surface area (TPSA) is 78.2 Å². The molecule has 1 aromatic heterocycles. The number of amides is 1. The van der Waals surface area contributed by atoms with Crippen molar-refractivity contribution in [3.05, 3.63) is 11.4 Å². The molecule has 1 aromatic rings. The van der Waals surface area contributed by atoms with Crippen LogP contribution in [-0.2, 0) is 6.42 Å². The van der Waals surface area contributed by atoms with Crippen molar-refractivity contribution in [3.8, 4) is 0 Å². The van der Waals surface area contributed by atoms with Gasteiger partial charge in [0.25, 0.3) is 5.91 Å². The van der Waals surface area contributed by atoms with Gasteiger partial charge in [0, 0.05) is 19.1 Å². The van der Waals surface area contributed by atoms with Crippen LogP contribution in [0.5, 0.6) is 0 Å². The summed E-state index contributed by atoms with van der Waals surface area (Å²) in [7, 11) is 4.11. The van der Waals surface area contributed by atoms with Gasteiger partial charge in [-0.05, 0) is 26.4 Å². The zero-order valence-electron chi connectivity index (χ0n) is 12.8. The molecule has 112 valence electrons. The van der Waals surface area contributed by atoms with E-state index in [4.69, 9.17) is 5.73 Å². The fourth-order valence-corrected chi connectivity index (χ4v) is 2.93. The third-order valence-electron chi connectivity index (χ3n) is 4.11. The van der Waals surface area contributed by atoms with E-state index in [2.05, 4.69) is 43.0 Å². The first kappa shape index (κ1) is 14.8. The SMILES string of the molecule is CCCc1[nH]nc(C(=O)N2CC(C)C(N(C)C)C2)c1N. The number of nitrogens with two attached hydrogens (primary N) is 1. The summed E-state index contributed by atoms with van der Waals surface area (Å²) in [5.74, 6) is 0.404. The first-order valence-corrected chi connectivity index (χ1v) is 7.24. The molecule has 1 aliphatic heterocycles. The molecule has 2 heterocycles. The van der Waals surface area contributed by atoms with Gasteiger partial charge in [-0.2, -0.15) is 5.10 Å². The van der Waals surface area contributed by atoms with Crippen molar-refractivity contribution in [3.63, 3.8) is 0 Å². The van der Waals surface area contributed by atoms with Gasteiger partial charge in [0.1, 0.15) is 0 Å². The van der Waals surface area contributed by atoms with Gasteiger partial charge >= 0.3 is 0 Å². The number of nitrogen functional groups attached to an aromatic ring is 1. The second kappa shape index (κ2) is 5.83. The van der Waals surface area contributed by atoms with E-state index >= 15 is 0 Å². The number of rotatable bonds is 4. The molecule has 0 saturated carbocycles. The molecule has 1 aliphatic rings. The minimum absolute atomic E-state index is 0.0581. The van der Waals surface area contributed by atoms with Crippen molar-refractivity contribution in [1.82, 2.24) is 20.0 Å². The fraction of sp³-hybridized carbons (Fsp3) is 0.714. The number of carbonyl (C=O) groups is 1. The molecule has 0 spiro atoms. The predicted octanol–water partition coefficient (Wildman–Crippen LogP) is 0.967. The van der Waals surface area contributed by atoms with E-state index in [0.717, 1.165) is 31.6 Å². The van der Waals surface area contributed by atoms with Crippen LogP contribution in [0.15, 0.2) is 0 Å². The highest BCUT2D eigenvalue weighted by Crippen LogP contribution is 2.24. The van der Waals surface area contributed by atoms with Crippen LogP contribution in [-0.4, -0.2) is 59.1 Å². The minimum atomic E-state index is -0.0581. The maximum atomic E-state index is 12.5. The molecule has 1 saturated heterocycles. The summed E-state index contributed by atoms with van der Waals surface area (Å²) in [5, 5.41) is 7.01. The van der Waals surface area contributed by atoms with Gasteiger partial charge in [-0.3, -0.25) is 9.89 Å². The van der Waals surface area contributed by atoms with E-state index < -0.39 is 0 Å². The third kappa shape index (κ3) is 2.65. The second-order valence-corrected chi connectivity index (χ2v) is 5.93. The maximum Gasteiger partial charge on any atom is 0.276 e. The molecule has 0 radical (unpaired) electrons. The van der Waals surface area contributed by atoms with E-state index in [1.807, 2.05) is 4.90 Å². The third-order valence-corrected chi connectivity index (χ3v) is 4.11. The average Bonchev–Trinajstić information content (AvgIpc) is 2.94. The highest BCUT2D eigenvalue weighted by atomic mass is 16.2. The molecule has 0 aromatic carbocycles. The summed E-state index contributed by atoms with van der Waals surface area (Å²) in [6, 6.07) is 0.397. The van der Waals surface area contributed by atoms with Crippen molar-refractivity contribution >= 4 is 11.6 Å². The first-order valence-electron chi connectivity index (χ1n) is 7.24. The van der Waals surface area contributed by atoms with Crippen LogP contribution in [0.2, 0.25) is 0 Å². The lowest BCUT2D eigenvalue weighted by molar-refractivity contribution is 0.0776. The normalized spacial score (nSPS) is 22.8. The van der Waals surface area contributed by atoms with Crippen LogP contribution >= 0.6 is 0 Å². The van der Waals surface area contributed by atoms with Crippen LogP contribution < -0.4 is 5.73 Å². The van der Waals surface area contributed by atoms with Gasteiger partial charge in [0.15, 0.2) is 5.69 Å². The lowest BCUT2D eigenvalue weighted by Gasteiger charge is -2.22. The largest absolute Gasteiger partial charge is 0.395 e. The summed E-state index contributed by atoms with van der Waals surface area (Å²) < 4.78 is 0. The lowest BCUT2D eigenvalue weighted by atomic mass is 10.1. The molecular formula is C14H25N5O. The number of carbonyl (C=O) groups excluding carboxylic acids is 1. The van der Waals surface area contributed by atoms with Crippen LogP contribution in [0.3, 0.4) is 0 Å². The Kier molecular flexibility index (Phi) is 4.32. The van der Waals surface area contributed by atoms with Gasteiger partial charge in [0.05, 0.1) is 11.4 Å². The summed E-state index contributed by atoms with van der Waals surface area (Å²) in [6.45, 7) is 5.75. The molecule has 1 fully saturated rings. The Hall–Kier alpha value is -1.56. The highest BCUT2D eigenvalue weighted by molar-refractivity contribution is 5.97. The summed E-state index contributed by atoms with van der Waals surface area (Å²) in [5.41, 5.74) is 7.79. The first-order chi connectivity index (χ1) is 9.45. The number of aromatic nitrogens is 2. The average molecular weight is 279 g/mol. The zero-order valence-corrected chi connectivity index (χ0v) is 12.8. The fourth-order valence-electron chi connectivity index (χ4n) is 2.93. The molecule has 2 unspecified atom stereocenters. The van der Waals surface area contributed by atoms with Crippen molar-refractivity contribution in [2.45, 2.75) is 32.7 Å². The van der Waals surface area contributed by atoms with Crippen LogP contribution in [0.4, 0.5) is 5.69 Å². The standard InChI is InChI=1S/C14H25N5O/c1-5-6-10-12(15)13(17-16-10)14(20)19-7-9(2)11(8-19)18(3)4/h9,11H,5-8,15H2,1-4H3,(H,16,17). The van der Waals surface area contributed by atoms with Crippen molar-refractivity contribution in [2.24, 2.45) is 5.92 Å². The number of aromatic amines is 1. The molecule has 20 heavy (non-hydrogen) atoms. The number of aryl methyl sites for hydroxylation is 1. The summed E-state index contributed by atoms with van der Waals surface area (Å²) >= 11 is 0. The molecular weight excluding hydrogens is 254 g/mol. The summed E-state index contributed by atoms with van der Waals surface area (Å²) in [4.78, 5) is 16.6. The zero-order chi connectivity index (χ0) is 14.9. The van der Waals surface area contributed by atoms with Gasteiger partial charge in [-0.1, -0.05) is 20.3 Å². The number of nitrogens with one attached hydrogen (secondary N) is 1. The molecule has 1 amide bonds. The number of likely N-dealkylation sites (N-methyl/N-ethyl adjacent to an activating group) is 1. The minimum Gasteiger partial charge on any atom is -0.395 e. The molecule has 6 nitrogen and oxygen atoms in total. The van der Waals surface area contributed by atoms with E-state index in [0.29, 0.717) is 23.3 Å². The van der Waals surface area contributed by atoms with E-state index in [9.17, 15) is 4.79 Å². The lowest BCUT2D eigenvalue weighted by Crippen LogP contribution is -2.36. The number of hydrogen-bond acceptors (Lipinski definition) is 4. The Morgan fingerprint density at radius 2 is 2.20 bits per heavy atom. The second-order valence-electron chi connectivity index (χ2n) is 5.93. The van der Waals surface area contributed by atoms with Crippen LogP contribution in [0, 0.1) is 5.92 Å². The summed E-state index contributed by atoms with van der Waals surface area (Å²) in [6.07, 6.45) is 1.80. The quantitative estimate of drug-likeness (QED) is 0.860. The van der Waals surface area contributed by atoms with Gasteiger partial charge in [-0.15, -0.1) is 0 Å². The molecule has 0 bridgehead atoms. The van der Waals surface area contributed by atoms with Gasteiger partial charge in [-0.25, -0.2) is 0 Å². The van der Waals surface area contributed by atoms with Gasteiger partial charge in [0.2, 0.25) is 0 Å². The molecule has 2 atom stereocenters. The molecule has 2 rings (SSSR count). The Labute approximate surface area is 120 Å². The number of likely N-dealkylation sites (tertiary alicyclic amines) is 1. The van der Waals surface area contributed by atoms with Crippen molar-refractivity contribution in [2.75, 3.05) is 32.9 Å². The van der Waals surface area contributed by atoms with E-state index in [-0.39, 0.29) is 5.91 Å². The Balaban J connectivity index is 2.13. The van der Waals surface area contributed by atoms with Crippen molar-refractivity contribution in [1.29, 1.82) is 0 Å². The monoisotopic (exact) mass is 279 g/mol. The van der Waals surface area contributed by atoms with Gasteiger partial charge < -0.3 is 15.5 Å². The Bertz CT molecular complexity index is 482. The Morgan fingerprint density at radius 3 is 2.75 bits per heavy atom. The predicted molar refractivity (Wildman–Crippen MR) is 79.5 cm³/mol. The number of hydrogen-bond donors (Lipinski definition) is 2. The Morgan fingerprint density at radius 1 is 1.50 bits per heavy atom. The molecule has 0 aliphatic carbocycles. The van der Waals surface area contributed by atoms with E-state index in [1.165, 1.54) is 0 Å². The number of nitrogens with zero attached hydrogens (tertiary/aromatic N) is 3. The molecule has 6 heteroatoms. The maximum absolute atomic E-state index is 12.5. The highest BCUT2D eigenvalue weighted by Gasteiger charge is 2.35. The number of anilines is 1. The van der Waals surface area contributed by atoms with Crippen LogP contribution in [0.25, 0.3) is 0 Å². The van der Waals surface area contributed by atoms with E-state index in [1.54, 1.807) is 0 Å². The molecule has 3 N–H and O–H groups in total. The number of H-pyrrole nitrogens is 1. The van der Waals surface area contributed by atoms with Crippen LogP contribution in [0.1, 0.15) is 36.5 Å². The van der Waals surface area contributed by atoms with Crippen molar-refractivity contribution < 1.29 is 4.79 Å².